The van der Waals surface area contributed by atoms with Crippen LogP contribution in [-0.4, -0.2) is 14.9 Å². The van der Waals surface area contributed by atoms with E-state index in [1.165, 1.54) is 0 Å². The van der Waals surface area contributed by atoms with Gasteiger partial charge >= 0.3 is 0 Å². The topological polar surface area (TPSA) is 38.0 Å². The Hall–Kier alpha value is -1.61. The molecule has 0 fully saturated rings. The number of benzene rings is 1. The van der Waals surface area contributed by atoms with Crippen LogP contribution in [0.5, 0.6) is 0 Å². The molecule has 0 bridgehead atoms. The summed E-state index contributed by atoms with van der Waals surface area (Å²) in [6.07, 6.45) is 4.20. The highest BCUT2D eigenvalue weighted by Crippen LogP contribution is 2.36. The molecule has 1 heterocycles. The standard InChI is InChI=1S/C16H22N2O/c1-4-10-18-12-13(11-17-18)15(19)16(2,3)14-8-6-5-7-9-14/h5-9,11-12,15,19H,4,10H2,1-3H3. The molecular weight excluding hydrogens is 236 g/mol. The van der Waals surface area contributed by atoms with E-state index in [-0.39, 0.29) is 5.41 Å². The van der Waals surface area contributed by atoms with Crippen LogP contribution in [0.4, 0.5) is 0 Å². The first kappa shape index (κ1) is 13.8. The predicted molar refractivity (Wildman–Crippen MR) is 76.9 cm³/mol. The normalized spacial score (nSPS) is 13.5. The van der Waals surface area contributed by atoms with Gasteiger partial charge in [-0.3, -0.25) is 4.68 Å². The van der Waals surface area contributed by atoms with Crippen molar-refractivity contribution >= 4 is 0 Å². The van der Waals surface area contributed by atoms with Crippen LogP contribution in [-0.2, 0) is 12.0 Å². The van der Waals surface area contributed by atoms with Crippen LogP contribution < -0.4 is 0 Å². The molecule has 1 N–H and O–H groups in total. The molecule has 1 aromatic heterocycles. The van der Waals surface area contributed by atoms with Gasteiger partial charge in [-0.15, -0.1) is 0 Å². The van der Waals surface area contributed by atoms with Crippen LogP contribution in [0.15, 0.2) is 42.7 Å². The third-order valence-electron chi connectivity index (χ3n) is 3.62. The minimum absolute atomic E-state index is 0.332. The van der Waals surface area contributed by atoms with Crippen molar-refractivity contribution in [2.45, 2.75) is 45.3 Å². The summed E-state index contributed by atoms with van der Waals surface area (Å²) in [4.78, 5) is 0. The molecule has 1 atom stereocenters. The lowest BCUT2D eigenvalue weighted by molar-refractivity contribution is 0.100. The van der Waals surface area contributed by atoms with Gasteiger partial charge in [-0.2, -0.15) is 5.10 Å². The van der Waals surface area contributed by atoms with Gasteiger partial charge in [-0.05, 0) is 12.0 Å². The molecule has 0 amide bonds. The van der Waals surface area contributed by atoms with E-state index >= 15 is 0 Å². The van der Waals surface area contributed by atoms with Gasteiger partial charge < -0.3 is 5.11 Å². The zero-order valence-corrected chi connectivity index (χ0v) is 11.9. The van der Waals surface area contributed by atoms with E-state index in [1.54, 1.807) is 6.20 Å². The van der Waals surface area contributed by atoms with Crippen LogP contribution in [0.1, 0.15) is 44.4 Å². The monoisotopic (exact) mass is 258 g/mol. The van der Waals surface area contributed by atoms with Crippen LogP contribution >= 0.6 is 0 Å². The van der Waals surface area contributed by atoms with Gasteiger partial charge in [0.2, 0.25) is 0 Å². The first-order valence-electron chi connectivity index (χ1n) is 6.81. The molecule has 1 unspecified atom stereocenters. The summed E-state index contributed by atoms with van der Waals surface area (Å²) in [7, 11) is 0. The third-order valence-corrected chi connectivity index (χ3v) is 3.62. The predicted octanol–water partition coefficient (Wildman–Crippen LogP) is 3.30. The fraction of sp³-hybridized carbons (Fsp3) is 0.438. The summed E-state index contributed by atoms with van der Waals surface area (Å²) in [5.41, 5.74) is 1.68. The lowest BCUT2D eigenvalue weighted by Gasteiger charge is -2.30. The van der Waals surface area contributed by atoms with Crippen molar-refractivity contribution in [3.05, 3.63) is 53.9 Å². The molecule has 0 saturated carbocycles. The quantitative estimate of drug-likeness (QED) is 0.893. The lowest BCUT2D eigenvalue weighted by Crippen LogP contribution is -2.26. The highest BCUT2D eigenvalue weighted by atomic mass is 16.3. The van der Waals surface area contributed by atoms with Crippen molar-refractivity contribution in [1.82, 2.24) is 9.78 Å². The van der Waals surface area contributed by atoms with E-state index in [1.807, 2.05) is 29.1 Å². The van der Waals surface area contributed by atoms with Crippen molar-refractivity contribution in [2.24, 2.45) is 0 Å². The molecule has 19 heavy (non-hydrogen) atoms. The van der Waals surface area contributed by atoms with Gasteiger partial charge in [0.25, 0.3) is 0 Å². The average molecular weight is 258 g/mol. The number of aryl methyl sites for hydroxylation is 1. The summed E-state index contributed by atoms with van der Waals surface area (Å²) < 4.78 is 1.89. The van der Waals surface area contributed by atoms with Crippen LogP contribution in [0.25, 0.3) is 0 Å². The molecule has 0 saturated heterocycles. The average Bonchev–Trinajstić information content (AvgIpc) is 2.88. The molecule has 0 aliphatic rings. The van der Waals surface area contributed by atoms with Crippen molar-refractivity contribution in [3.8, 4) is 0 Å². The minimum atomic E-state index is -0.555. The maximum atomic E-state index is 10.6. The van der Waals surface area contributed by atoms with Gasteiger partial charge in [-0.25, -0.2) is 0 Å². The van der Waals surface area contributed by atoms with Crippen molar-refractivity contribution < 1.29 is 5.11 Å². The number of rotatable bonds is 5. The maximum Gasteiger partial charge on any atom is 0.0911 e. The van der Waals surface area contributed by atoms with E-state index in [0.29, 0.717) is 0 Å². The molecule has 3 heteroatoms. The van der Waals surface area contributed by atoms with Crippen molar-refractivity contribution in [3.63, 3.8) is 0 Å². The Labute approximate surface area is 114 Å². The first-order valence-corrected chi connectivity index (χ1v) is 6.81. The molecule has 2 aromatic rings. The Morgan fingerprint density at radius 2 is 1.95 bits per heavy atom. The second-order valence-electron chi connectivity index (χ2n) is 5.53. The highest BCUT2D eigenvalue weighted by molar-refractivity contribution is 5.28. The molecule has 1 aromatic carbocycles. The number of hydrogen-bond donors (Lipinski definition) is 1. The zero-order valence-electron chi connectivity index (χ0n) is 11.9. The number of hydrogen-bond acceptors (Lipinski definition) is 2. The van der Waals surface area contributed by atoms with Crippen molar-refractivity contribution in [1.29, 1.82) is 0 Å². The molecule has 0 aliphatic carbocycles. The van der Waals surface area contributed by atoms with Gasteiger partial charge in [0, 0.05) is 23.7 Å². The first-order chi connectivity index (χ1) is 9.05. The lowest BCUT2D eigenvalue weighted by atomic mass is 9.77. The summed E-state index contributed by atoms with van der Waals surface area (Å²) in [5.74, 6) is 0. The smallest absolute Gasteiger partial charge is 0.0911 e. The number of aromatic nitrogens is 2. The Balaban J connectivity index is 2.24. The summed E-state index contributed by atoms with van der Waals surface area (Å²) in [6, 6.07) is 10.1. The van der Waals surface area contributed by atoms with E-state index < -0.39 is 6.10 Å². The summed E-state index contributed by atoms with van der Waals surface area (Å²) in [5, 5.41) is 14.9. The van der Waals surface area contributed by atoms with Crippen LogP contribution in [0.2, 0.25) is 0 Å². The number of aliphatic hydroxyl groups is 1. The summed E-state index contributed by atoms with van der Waals surface area (Å²) >= 11 is 0. The second kappa shape index (κ2) is 5.57. The number of nitrogens with zero attached hydrogens (tertiary/aromatic N) is 2. The van der Waals surface area contributed by atoms with Gasteiger partial charge in [0.15, 0.2) is 0 Å². The molecular formula is C16H22N2O. The largest absolute Gasteiger partial charge is 0.387 e. The molecule has 0 radical (unpaired) electrons. The molecule has 102 valence electrons. The minimum Gasteiger partial charge on any atom is -0.387 e. The van der Waals surface area contributed by atoms with Gasteiger partial charge in [-0.1, -0.05) is 51.1 Å². The van der Waals surface area contributed by atoms with Gasteiger partial charge in [0.05, 0.1) is 12.3 Å². The van der Waals surface area contributed by atoms with E-state index in [4.69, 9.17) is 0 Å². The second-order valence-corrected chi connectivity index (χ2v) is 5.53. The van der Waals surface area contributed by atoms with E-state index in [2.05, 4.69) is 38.0 Å². The molecule has 3 nitrogen and oxygen atoms in total. The fourth-order valence-corrected chi connectivity index (χ4v) is 2.31. The molecule has 0 aliphatic heterocycles. The Kier molecular flexibility index (Phi) is 4.05. The fourth-order valence-electron chi connectivity index (χ4n) is 2.31. The number of aliphatic hydroxyl groups excluding tert-OH is 1. The SMILES string of the molecule is CCCn1cc(C(O)C(C)(C)c2ccccc2)cn1. The third kappa shape index (κ3) is 2.87. The summed E-state index contributed by atoms with van der Waals surface area (Å²) in [6.45, 7) is 7.12. The van der Waals surface area contributed by atoms with Crippen LogP contribution in [0.3, 0.4) is 0 Å². The van der Waals surface area contributed by atoms with Crippen LogP contribution in [0, 0.1) is 0 Å². The Morgan fingerprint density at radius 1 is 1.26 bits per heavy atom. The Morgan fingerprint density at radius 3 is 2.58 bits per heavy atom. The maximum absolute atomic E-state index is 10.6. The molecule has 2 rings (SSSR count). The Bertz CT molecular complexity index is 517. The van der Waals surface area contributed by atoms with E-state index in [0.717, 1.165) is 24.1 Å². The van der Waals surface area contributed by atoms with E-state index in [9.17, 15) is 5.11 Å². The molecule has 0 spiro atoms. The zero-order chi connectivity index (χ0) is 13.9. The van der Waals surface area contributed by atoms with Crippen molar-refractivity contribution in [2.75, 3.05) is 0 Å². The van der Waals surface area contributed by atoms with Gasteiger partial charge in [0.1, 0.15) is 0 Å². The highest BCUT2D eigenvalue weighted by Gasteiger charge is 2.31.